The molecular formula is C8H18N3. The largest absolute Gasteiger partial charge is 0.360 e. The maximum Gasteiger partial charge on any atom is 0.188 e. The number of hydrogen-bond donors (Lipinski definition) is 3. The summed E-state index contributed by atoms with van der Waals surface area (Å²) in [6.07, 6.45) is 4.53. The van der Waals surface area contributed by atoms with Crippen molar-refractivity contribution in [3.63, 3.8) is 0 Å². The van der Waals surface area contributed by atoms with Crippen molar-refractivity contribution in [2.75, 3.05) is 13.6 Å². The van der Waals surface area contributed by atoms with E-state index in [1.165, 1.54) is 12.8 Å². The van der Waals surface area contributed by atoms with Gasteiger partial charge in [0.1, 0.15) is 0 Å². The lowest BCUT2D eigenvalue weighted by molar-refractivity contribution is 0.664. The fourth-order valence-corrected chi connectivity index (χ4v) is 0.780. The Balaban J connectivity index is 2.95. The highest BCUT2D eigenvalue weighted by Gasteiger charge is 1.89. The molecule has 0 atom stereocenters. The number of nitrogens with one attached hydrogen (secondary N) is 3. The van der Waals surface area contributed by atoms with Crippen molar-refractivity contribution < 1.29 is 0 Å². The van der Waals surface area contributed by atoms with Gasteiger partial charge in [-0.15, -0.1) is 0 Å². The van der Waals surface area contributed by atoms with Crippen molar-refractivity contribution in [2.45, 2.75) is 25.7 Å². The van der Waals surface area contributed by atoms with Crippen molar-refractivity contribution in [1.82, 2.24) is 10.6 Å². The van der Waals surface area contributed by atoms with Gasteiger partial charge in [-0.1, -0.05) is 26.2 Å². The molecule has 0 aliphatic heterocycles. The Morgan fingerprint density at radius 2 is 2.09 bits per heavy atom. The third-order valence-corrected chi connectivity index (χ3v) is 1.48. The molecule has 0 aromatic heterocycles. The average molecular weight is 156 g/mol. The molecule has 65 valence electrons. The minimum atomic E-state index is 0.402. The zero-order valence-electron chi connectivity index (χ0n) is 7.24. The third-order valence-electron chi connectivity index (χ3n) is 1.48. The minimum Gasteiger partial charge on any atom is -0.360 e. The van der Waals surface area contributed by atoms with Crippen LogP contribution in [0.25, 0.3) is 0 Å². The molecular weight excluding hydrogens is 138 g/mol. The molecule has 0 aromatic rings. The van der Waals surface area contributed by atoms with E-state index in [2.05, 4.69) is 17.6 Å². The Kier molecular flexibility index (Phi) is 6.89. The molecule has 0 unspecified atom stereocenters. The summed E-state index contributed by atoms with van der Waals surface area (Å²) in [5.41, 5.74) is 0. The molecule has 11 heavy (non-hydrogen) atoms. The van der Waals surface area contributed by atoms with E-state index in [1.54, 1.807) is 7.05 Å². The van der Waals surface area contributed by atoms with E-state index in [0.29, 0.717) is 5.96 Å². The van der Waals surface area contributed by atoms with Crippen LogP contribution >= 0.6 is 0 Å². The van der Waals surface area contributed by atoms with Gasteiger partial charge < -0.3 is 10.6 Å². The summed E-state index contributed by atoms with van der Waals surface area (Å²) in [5.74, 6) is 0.402. The number of rotatable bonds is 5. The Bertz CT molecular complexity index is 102. The van der Waals surface area contributed by atoms with E-state index < -0.39 is 0 Å². The molecule has 0 amide bonds. The van der Waals surface area contributed by atoms with E-state index in [0.717, 1.165) is 19.4 Å². The van der Waals surface area contributed by atoms with Crippen molar-refractivity contribution in [3.8, 4) is 0 Å². The van der Waals surface area contributed by atoms with Crippen LogP contribution in [0.1, 0.15) is 25.7 Å². The highest BCUT2D eigenvalue weighted by atomic mass is 15.1. The average Bonchev–Trinajstić information content (AvgIpc) is 2.04. The molecule has 0 saturated carbocycles. The van der Waals surface area contributed by atoms with Gasteiger partial charge in [0.2, 0.25) is 0 Å². The molecule has 0 aliphatic carbocycles. The summed E-state index contributed by atoms with van der Waals surface area (Å²) in [7, 11) is 1.74. The van der Waals surface area contributed by atoms with Crippen LogP contribution in [-0.4, -0.2) is 19.6 Å². The van der Waals surface area contributed by atoms with E-state index in [4.69, 9.17) is 5.41 Å². The molecule has 3 nitrogen and oxygen atoms in total. The first kappa shape index (κ1) is 10.3. The van der Waals surface area contributed by atoms with Crippen LogP contribution < -0.4 is 10.6 Å². The highest BCUT2D eigenvalue weighted by Crippen LogP contribution is 1.96. The van der Waals surface area contributed by atoms with Gasteiger partial charge in [-0.2, -0.15) is 0 Å². The summed E-state index contributed by atoms with van der Waals surface area (Å²) in [4.78, 5) is 0. The minimum absolute atomic E-state index is 0.402. The first-order chi connectivity index (χ1) is 5.31. The molecule has 0 fully saturated rings. The summed E-state index contributed by atoms with van der Waals surface area (Å²) in [6.45, 7) is 4.65. The van der Waals surface area contributed by atoms with E-state index in [1.807, 2.05) is 0 Å². The van der Waals surface area contributed by atoms with E-state index in [9.17, 15) is 0 Å². The van der Waals surface area contributed by atoms with Crippen LogP contribution in [0, 0.1) is 12.3 Å². The Morgan fingerprint density at radius 1 is 1.36 bits per heavy atom. The topological polar surface area (TPSA) is 47.9 Å². The molecule has 0 spiro atoms. The SMILES string of the molecule is [CH2]CCCCCNC(=N)NC. The maximum atomic E-state index is 7.18. The van der Waals surface area contributed by atoms with Crippen molar-refractivity contribution in [1.29, 1.82) is 5.41 Å². The van der Waals surface area contributed by atoms with Gasteiger partial charge in [0.15, 0.2) is 5.96 Å². The van der Waals surface area contributed by atoms with Crippen LogP contribution in [-0.2, 0) is 0 Å². The molecule has 3 heteroatoms. The number of unbranched alkanes of at least 4 members (excludes halogenated alkanes) is 3. The number of guanidine groups is 1. The van der Waals surface area contributed by atoms with Crippen LogP contribution in [0.2, 0.25) is 0 Å². The van der Waals surface area contributed by atoms with Gasteiger partial charge >= 0.3 is 0 Å². The fourth-order valence-electron chi connectivity index (χ4n) is 0.780. The normalized spacial score (nSPS) is 9.27. The Labute approximate surface area is 69.1 Å². The molecule has 1 radical (unpaired) electrons. The predicted octanol–water partition coefficient (Wildman–Crippen LogP) is 1.12. The lowest BCUT2D eigenvalue weighted by Gasteiger charge is -2.05. The van der Waals surface area contributed by atoms with Crippen LogP contribution in [0.3, 0.4) is 0 Å². The zero-order chi connectivity index (χ0) is 8.53. The molecule has 0 aliphatic rings. The Morgan fingerprint density at radius 3 is 2.64 bits per heavy atom. The maximum absolute atomic E-state index is 7.18. The molecule has 0 aromatic carbocycles. The second-order valence-electron chi connectivity index (χ2n) is 2.47. The van der Waals surface area contributed by atoms with Crippen molar-refractivity contribution in [3.05, 3.63) is 6.92 Å². The standard InChI is InChI=1S/C8H18N3/c1-3-4-5-6-7-11-8(9)10-2/h1,3-7H2,2H3,(H3,9,10,11). The second-order valence-corrected chi connectivity index (χ2v) is 2.47. The van der Waals surface area contributed by atoms with Crippen molar-refractivity contribution >= 4 is 5.96 Å². The van der Waals surface area contributed by atoms with Gasteiger partial charge in [0, 0.05) is 13.6 Å². The molecule has 3 N–H and O–H groups in total. The molecule has 0 bridgehead atoms. The van der Waals surface area contributed by atoms with E-state index >= 15 is 0 Å². The monoisotopic (exact) mass is 156 g/mol. The van der Waals surface area contributed by atoms with Gasteiger partial charge in [0.05, 0.1) is 0 Å². The van der Waals surface area contributed by atoms with Gasteiger partial charge in [0.25, 0.3) is 0 Å². The summed E-state index contributed by atoms with van der Waals surface area (Å²) in [6, 6.07) is 0. The van der Waals surface area contributed by atoms with Crippen LogP contribution in [0.15, 0.2) is 0 Å². The first-order valence-corrected chi connectivity index (χ1v) is 4.10. The smallest absolute Gasteiger partial charge is 0.188 e. The Hall–Kier alpha value is -0.730. The molecule has 0 heterocycles. The first-order valence-electron chi connectivity index (χ1n) is 4.10. The van der Waals surface area contributed by atoms with Crippen molar-refractivity contribution in [2.24, 2.45) is 0 Å². The predicted molar refractivity (Wildman–Crippen MR) is 48.6 cm³/mol. The zero-order valence-corrected chi connectivity index (χ0v) is 7.24. The molecule has 0 saturated heterocycles. The summed E-state index contributed by atoms with van der Waals surface area (Å²) >= 11 is 0. The van der Waals surface area contributed by atoms with Gasteiger partial charge in [-0.3, -0.25) is 5.41 Å². The quantitative estimate of drug-likeness (QED) is 0.317. The highest BCUT2D eigenvalue weighted by molar-refractivity contribution is 5.75. The van der Waals surface area contributed by atoms with Crippen LogP contribution in [0.4, 0.5) is 0 Å². The van der Waals surface area contributed by atoms with E-state index in [-0.39, 0.29) is 0 Å². The summed E-state index contributed by atoms with van der Waals surface area (Å²) < 4.78 is 0. The summed E-state index contributed by atoms with van der Waals surface area (Å²) in [5, 5.41) is 12.8. The van der Waals surface area contributed by atoms with Gasteiger partial charge in [-0.25, -0.2) is 0 Å². The third kappa shape index (κ3) is 7.16. The lowest BCUT2D eigenvalue weighted by atomic mass is 10.2. The second kappa shape index (κ2) is 7.38. The fraction of sp³-hybridized carbons (Fsp3) is 0.750. The lowest BCUT2D eigenvalue weighted by Crippen LogP contribution is -2.34. The van der Waals surface area contributed by atoms with Gasteiger partial charge in [-0.05, 0) is 6.42 Å². The van der Waals surface area contributed by atoms with Crippen LogP contribution in [0.5, 0.6) is 0 Å². The number of hydrogen-bond acceptors (Lipinski definition) is 1. The molecule has 0 rings (SSSR count).